The maximum Gasteiger partial charge on any atom is 0.247 e. The number of rotatable bonds is 9. The molecule has 3 N–H and O–H groups in total. The van der Waals surface area contributed by atoms with Crippen molar-refractivity contribution in [2.24, 2.45) is 11.1 Å². The molecule has 0 spiro atoms. The number of carbonyl (C=O) groups is 2. The van der Waals surface area contributed by atoms with Gasteiger partial charge in [-0.2, -0.15) is 0 Å². The second-order valence-electron chi connectivity index (χ2n) is 11.3. The smallest absolute Gasteiger partial charge is 0.247 e. The summed E-state index contributed by atoms with van der Waals surface area (Å²) < 4.78 is 53.0. The van der Waals surface area contributed by atoms with Crippen LogP contribution < -0.4 is 29.6 Å². The van der Waals surface area contributed by atoms with Gasteiger partial charge in [0.1, 0.15) is 36.8 Å². The number of aliphatic hydroxyl groups is 1. The van der Waals surface area contributed by atoms with E-state index < -0.39 is 34.5 Å². The number of halogens is 2. The lowest BCUT2D eigenvalue weighted by molar-refractivity contribution is -0.133. The Kier molecular flexibility index (Phi) is 7.24. The van der Waals surface area contributed by atoms with Crippen molar-refractivity contribution in [1.29, 1.82) is 0 Å². The quantitative estimate of drug-likeness (QED) is 0.250. The van der Waals surface area contributed by atoms with Crippen molar-refractivity contribution in [2.75, 3.05) is 24.7 Å². The van der Waals surface area contributed by atoms with Gasteiger partial charge in [0.25, 0.3) is 0 Å². The number of hydrogen-bond acceptors (Lipinski definition) is 8. The Morgan fingerprint density at radius 2 is 1.66 bits per heavy atom. The van der Waals surface area contributed by atoms with Crippen molar-refractivity contribution in [3.8, 4) is 28.7 Å². The number of primary amides is 1. The van der Waals surface area contributed by atoms with Gasteiger partial charge in [-0.15, -0.1) is 0 Å². The Labute approximate surface area is 250 Å². The summed E-state index contributed by atoms with van der Waals surface area (Å²) in [5.74, 6) is -1.77. The maximum atomic E-state index is 15.7. The Balaban J connectivity index is 1.37. The molecule has 3 aromatic carbocycles. The summed E-state index contributed by atoms with van der Waals surface area (Å²) in [7, 11) is 0. The number of anilines is 2. The molecule has 2 amide bonds. The SMILES string of the molecule is CC(C)(O)COc1cc2nccc(Oc3ccc(N(C(=O)C4(C(N)=O)CC4)c4ccc(F)cc4)cc3F)c2c2c1OCCO2. The second-order valence-corrected chi connectivity index (χ2v) is 11.3. The molecule has 0 bridgehead atoms. The van der Waals surface area contributed by atoms with Gasteiger partial charge in [-0.3, -0.25) is 19.5 Å². The first-order chi connectivity index (χ1) is 21.0. The number of aromatic nitrogens is 1. The first-order valence-corrected chi connectivity index (χ1v) is 13.9. The first kappa shape index (κ1) is 29.1. The number of nitrogens with two attached hydrogens (primary N) is 1. The summed E-state index contributed by atoms with van der Waals surface area (Å²) in [6.45, 7) is 3.72. The number of fused-ring (bicyclic) bond motifs is 3. The maximum absolute atomic E-state index is 15.7. The minimum absolute atomic E-state index is 0.0138. The number of amides is 2. The molecule has 6 rings (SSSR count). The van der Waals surface area contributed by atoms with Gasteiger partial charge in [0.2, 0.25) is 17.6 Å². The van der Waals surface area contributed by atoms with Crippen molar-refractivity contribution < 1.29 is 42.4 Å². The lowest BCUT2D eigenvalue weighted by Crippen LogP contribution is -2.41. The zero-order valence-corrected chi connectivity index (χ0v) is 23.9. The van der Waals surface area contributed by atoms with E-state index in [0.717, 1.165) is 23.1 Å². The van der Waals surface area contributed by atoms with Crippen molar-refractivity contribution in [3.05, 3.63) is 72.4 Å². The van der Waals surface area contributed by atoms with Crippen LogP contribution in [0.2, 0.25) is 0 Å². The standard InChI is InChI=1S/C32H29F2N3O7/c1-31(2,40)17-43-25-16-22-26(28-27(25)41-13-14-42-28)24(9-12-36-22)44-23-8-7-20(15-21(23)34)37(19-5-3-18(33)4-6-19)30(39)32(10-11-32)29(35)38/h3-9,12,15-16,40H,10-11,13-14,17H2,1-2H3,(H2,35,38). The molecule has 12 heteroatoms. The van der Waals surface area contributed by atoms with Crippen LogP contribution in [0.1, 0.15) is 26.7 Å². The van der Waals surface area contributed by atoms with Gasteiger partial charge >= 0.3 is 0 Å². The van der Waals surface area contributed by atoms with E-state index in [2.05, 4.69) is 4.98 Å². The first-order valence-electron chi connectivity index (χ1n) is 13.9. The third-order valence-electron chi connectivity index (χ3n) is 7.34. The molecule has 1 aliphatic heterocycles. The average Bonchev–Trinajstić information content (AvgIpc) is 3.81. The molecule has 0 radical (unpaired) electrons. The second kappa shape index (κ2) is 10.9. The zero-order valence-electron chi connectivity index (χ0n) is 23.9. The lowest BCUT2D eigenvalue weighted by atomic mass is 10.0. The number of benzene rings is 3. The van der Waals surface area contributed by atoms with Crippen LogP contribution >= 0.6 is 0 Å². The topological polar surface area (TPSA) is 133 Å². The number of nitrogens with zero attached hydrogens (tertiary/aromatic N) is 2. The van der Waals surface area contributed by atoms with Crippen LogP contribution in [0.15, 0.2) is 60.8 Å². The molecule has 0 unspecified atom stereocenters. The highest BCUT2D eigenvalue weighted by molar-refractivity contribution is 6.16. The van der Waals surface area contributed by atoms with Gasteiger partial charge in [0.05, 0.1) is 22.2 Å². The fourth-order valence-electron chi connectivity index (χ4n) is 4.93. The van der Waals surface area contributed by atoms with Crippen LogP contribution in [0.25, 0.3) is 10.9 Å². The van der Waals surface area contributed by atoms with Gasteiger partial charge in [-0.1, -0.05) is 0 Å². The molecule has 228 valence electrons. The fourth-order valence-corrected chi connectivity index (χ4v) is 4.93. The number of hydrogen-bond donors (Lipinski definition) is 2. The van der Waals surface area contributed by atoms with Crippen LogP contribution in [-0.2, 0) is 9.59 Å². The van der Waals surface area contributed by atoms with E-state index in [9.17, 15) is 19.1 Å². The summed E-state index contributed by atoms with van der Waals surface area (Å²) in [6.07, 6.45) is 2.00. The molecule has 1 aliphatic carbocycles. The predicted octanol–water partition coefficient (Wildman–Crippen LogP) is 5.16. The van der Waals surface area contributed by atoms with Crippen molar-refractivity contribution >= 4 is 34.1 Å². The average molecular weight is 606 g/mol. The molecule has 2 aliphatic rings. The van der Waals surface area contributed by atoms with E-state index in [4.69, 9.17) is 24.7 Å². The van der Waals surface area contributed by atoms with Crippen molar-refractivity contribution in [3.63, 3.8) is 0 Å². The van der Waals surface area contributed by atoms with E-state index in [1.54, 1.807) is 26.0 Å². The molecule has 1 saturated carbocycles. The summed E-state index contributed by atoms with van der Waals surface area (Å²) >= 11 is 0. The van der Waals surface area contributed by atoms with Gasteiger partial charge in [0, 0.05) is 24.0 Å². The molecule has 0 atom stereocenters. The molecule has 0 saturated heterocycles. The minimum Gasteiger partial charge on any atom is -0.486 e. The predicted molar refractivity (Wildman–Crippen MR) is 155 cm³/mol. The number of pyridine rings is 1. The normalized spacial score (nSPS) is 15.0. The third kappa shape index (κ3) is 5.44. The third-order valence-corrected chi connectivity index (χ3v) is 7.34. The number of carbonyl (C=O) groups excluding carboxylic acids is 2. The van der Waals surface area contributed by atoms with Crippen LogP contribution in [-0.4, -0.2) is 47.3 Å². The molecule has 44 heavy (non-hydrogen) atoms. The Hall–Kier alpha value is -4.97. The van der Waals surface area contributed by atoms with Crippen LogP contribution in [0.3, 0.4) is 0 Å². The fraction of sp³-hybridized carbons (Fsp3) is 0.281. The van der Waals surface area contributed by atoms with Crippen LogP contribution in [0, 0.1) is 17.0 Å². The van der Waals surface area contributed by atoms with Crippen LogP contribution in [0.4, 0.5) is 20.2 Å². The lowest BCUT2D eigenvalue weighted by Gasteiger charge is -2.27. The molecule has 1 aromatic heterocycles. The van der Waals surface area contributed by atoms with Gasteiger partial charge in [-0.05, 0) is 69.2 Å². The zero-order chi connectivity index (χ0) is 31.2. The molecular formula is C32H29F2N3O7. The van der Waals surface area contributed by atoms with E-state index in [1.165, 1.54) is 30.5 Å². The van der Waals surface area contributed by atoms with Gasteiger partial charge < -0.3 is 29.8 Å². The Morgan fingerprint density at radius 3 is 2.30 bits per heavy atom. The number of ether oxygens (including phenoxy) is 4. The molecule has 1 fully saturated rings. The largest absolute Gasteiger partial charge is 0.486 e. The highest BCUT2D eigenvalue weighted by Gasteiger charge is 2.57. The summed E-state index contributed by atoms with van der Waals surface area (Å²) in [4.78, 5) is 31.3. The summed E-state index contributed by atoms with van der Waals surface area (Å²) in [6, 6.07) is 12.1. The van der Waals surface area contributed by atoms with Crippen molar-refractivity contribution in [1.82, 2.24) is 4.98 Å². The molecular weight excluding hydrogens is 576 g/mol. The monoisotopic (exact) mass is 605 g/mol. The highest BCUT2D eigenvalue weighted by atomic mass is 19.1. The van der Waals surface area contributed by atoms with Crippen molar-refractivity contribution in [2.45, 2.75) is 32.3 Å². The van der Waals surface area contributed by atoms with Gasteiger partial charge in [0.15, 0.2) is 23.1 Å². The Bertz CT molecular complexity index is 1770. The molecule has 10 nitrogen and oxygen atoms in total. The van der Waals surface area contributed by atoms with E-state index in [1.807, 2.05) is 0 Å². The van der Waals surface area contributed by atoms with E-state index in [-0.39, 0.29) is 55.5 Å². The summed E-state index contributed by atoms with van der Waals surface area (Å²) in [5, 5.41) is 10.6. The Morgan fingerprint density at radius 1 is 0.977 bits per heavy atom. The van der Waals surface area contributed by atoms with E-state index >= 15 is 4.39 Å². The van der Waals surface area contributed by atoms with E-state index in [0.29, 0.717) is 28.2 Å². The minimum atomic E-state index is -1.41. The van der Waals surface area contributed by atoms with Gasteiger partial charge in [-0.25, -0.2) is 8.78 Å². The molecule has 2 heterocycles. The summed E-state index contributed by atoms with van der Waals surface area (Å²) in [5.41, 5.74) is 3.79. The van der Waals surface area contributed by atoms with Crippen LogP contribution in [0.5, 0.6) is 28.7 Å². The molecule has 4 aromatic rings. The highest BCUT2D eigenvalue weighted by Crippen LogP contribution is 2.50.